The second-order valence-electron chi connectivity index (χ2n) is 8.35. The molecule has 4 atom stereocenters. The van der Waals surface area contributed by atoms with Crippen molar-refractivity contribution in [3.8, 4) is 5.75 Å². The van der Waals surface area contributed by atoms with Gasteiger partial charge in [0, 0.05) is 29.3 Å². The number of carbonyl (C=O) groups excluding carboxylic acids is 2. The van der Waals surface area contributed by atoms with Crippen LogP contribution in [0.25, 0.3) is 0 Å². The van der Waals surface area contributed by atoms with E-state index in [1.807, 2.05) is 0 Å². The van der Waals surface area contributed by atoms with Crippen LogP contribution in [0.1, 0.15) is 41.4 Å². The molecule has 2 amide bonds. The molecule has 7 nitrogen and oxygen atoms in total. The average molecular weight is 523 g/mol. The van der Waals surface area contributed by atoms with Gasteiger partial charge in [0.05, 0.1) is 0 Å². The highest BCUT2D eigenvalue weighted by Crippen LogP contribution is 2.55. The van der Waals surface area contributed by atoms with Gasteiger partial charge in [0.15, 0.2) is 17.2 Å². The first kappa shape index (κ1) is 27.2. The maximum Gasteiger partial charge on any atom is 0.417 e. The molecular formula is C22H20F7N3O4. The number of rotatable bonds is 6. The van der Waals surface area contributed by atoms with Crippen LogP contribution in [-0.2, 0) is 9.53 Å². The number of ether oxygens (including phenoxy) is 2. The van der Waals surface area contributed by atoms with E-state index in [0.29, 0.717) is 18.6 Å². The van der Waals surface area contributed by atoms with Gasteiger partial charge in [-0.3, -0.25) is 14.6 Å². The molecule has 0 spiro atoms. The summed E-state index contributed by atoms with van der Waals surface area (Å²) in [7, 11) is 0. The van der Waals surface area contributed by atoms with Crippen molar-refractivity contribution in [1.82, 2.24) is 4.98 Å². The molecule has 0 unspecified atom stereocenters. The van der Waals surface area contributed by atoms with Crippen LogP contribution in [0.15, 0.2) is 24.4 Å². The van der Waals surface area contributed by atoms with Crippen molar-refractivity contribution < 1.29 is 49.8 Å². The van der Waals surface area contributed by atoms with Crippen molar-refractivity contribution in [2.75, 3.05) is 5.32 Å². The van der Waals surface area contributed by atoms with E-state index in [-0.39, 0.29) is 11.4 Å². The van der Waals surface area contributed by atoms with E-state index >= 15 is 0 Å². The van der Waals surface area contributed by atoms with E-state index in [1.165, 1.54) is 13.1 Å². The first-order valence-corrected chi connectivity index (χ1v) is 10.3. The molecule has 3 N–H and O–H groups in total. The third-order valence-corrected chi connectivity index (χ3v) is 6.19. The number of pyridine rings is 1. The maximum atomic E-state index is 14.4. The number of aromatic nitrogens is 1. The van der Waals surface area contributed by atoms with Crippen molar-refractivity contribution in [2.45, 2.75) is 51.2 Å². The summed E-state index contributed by atoms with van der Waals surface area (Å²) in [5.74, 6) is -10.3. The number of amides is 2. The number of alkyl halides is 5. The fourth-order valence-corrected chi connectivity index (χ4v) is 4.04. The third kappa shape index (κ3) is 4.81. The summed E-state index contributed by atoms with van der Waals surface area (Å²) in [5.41, 5.74) is 1.53. The number of anilines is 1. The summed E-state index contributed by atoms with van der Waals surface area (Å²) in [4.78, 5) is 28.4. The number of primary amides is 1. The Hall–Kier alpha value is -3.42. The van der Waals surface area contributed by atoms with Crippen molar-refractivity contribution in [3.05, 3.63) is 52.9 Å². The van der Waals surface area contributed by atoms with Crippen molar-refractivity contribution in [3.63, 3.8) is 0 Å². The smallest absolute Gasteiger partial charge is 0.417 e. The van der Waals surface area contributed by atoms with Crippen molar-refractivity contribution in [1.29, 1.82) is 0 Å². The second-order valence-corrected chi connectivity index (χ2v) is 8.35. The summed E-state index contributed by atoms with van der Waals surface area (Å²) in [6.07, 6.45) is -5.90. The molecule has 0 saturated carbocycles. The monoisotopic (exact) mass is 523 g/mol. The Bertz CT molecular complexity index is 1190. The molecule has 1 aliphatic rings. The highest BCUT2D eigenvalue weighted by atomic mass is 19.4. The maximum absolute atomic E-state index is 14.4. The molecular weight excluding hydrogens is 503 g/mol. The number of hydrogen-bond donors (Lipinski definition) is 2. The number of nitrogens with zero attached hydrogens (tertiary/aromatic N) is 1. The lowest BCUT2D eigenvalue weighted by molar-refractivity contribution is -0.272. The molecule has 1 saturated heterocycles. The van der Waals surface area contributed by atoms with Crippen LogP contribution in [0.2, 0.25) is 0 Å². The Labute approximate surface area is 199 Å². The van der Waals surface area contributed by atoms with Gasteiger partial charge in [-0.15, -0.1) is 0 Å². The molecule has 0 aliphatic carbocycles. The largest absolute Gasteiger partial charge is 0.431 e. The van der Waals surface area contributed by atoms with Crippen LogP contribution >= 0.6 is 0 Å². The molecule has 1 aromatic heterocycles. The number of aryl methyl sites for hydroxylation is 1. The van der Waals surface area contributed by atoms with Crippen molar-refractivity contribution >= 4 is 17.5 Å². The molecule has 0 bridgehead atoms. The summed E-state index contributed by atoms with van der Waals surface area (Å²) in [6.45, 7) is -0.506. The zero-order valence-electron chi connectivity index (χ0n) is 18.9. The predicted molar refractivity (Wildman–Crippen MR) is 110 cm³/mol. The van der Waals surface area contributed by atoms with Crippen LogP contribution in [0.5, 0.6) is 5.75 Å². The summed E-state index contributed by atoms with van der Waals surface area (Å²) < 4.78 is 105. The van der Waals surface area contributed by atoms with Gasteiger partial charge in [-0.2, -0.15) is 26.3 Å². The van der Waals surface area contributed by atoms with Gasteiger partial charge in [-0.25, -0.2) is 4.39 Å². The lowest BCUT2D eigenvalue weighted by atomic mass is 9.77. The number of carbonyl (C=O) groups is 2. The SMILES string of the molecule is Cc1cnc(C(N)=O)cc1NC(=O)[C@@H]1O[C@](C)(C(F)(F)F)[C@H](C)[C@H]1c1ccc(F)c(F)c1OC(F)F. The minimum Gasteiger partial charge on any atom is -0.431 e. The quantitative estimate of drug-likeness (QED) is 0.545. The summed E-state index contributed by atoms with van der Waals surface area (Å²) >= 11 is 0. The van der Waals surface area contributed by atoms with Crippen LogP contribution in [-0.4, -0.2) is 41.3 Å². The Morgan fingerprint density at radius 3 is 2.44 bits per heavy atom. The molecule has 36 heavy (non-hydrogen) atoms. The highest BCUT2D eigenvalue weighted by Gasteiger charge is 2.66. The minimum atomic E-state index is -5.05. The van der Waals surface area contributed by atoms with Gasteiger partial charge in [0.2, 0.25) is 5.82 Å². The highest BCUT2D eigenvalue weighted by molar-refractivity contribution is 5.98. The fraction of sp³-hybridized carbons (Fsp3) is 0.409. The van der Waals surface area contributed by atoms with E-state index in [0.717, 1.165) is 19.1 Å². The molecule has 2 heterocycles. The average Bonchev–Trinajstić information content (AvgIpc) is 3.05. The lowest BCUT2D eigenvalue weighted by Gasteiger charge is -2.32. The number of nitrogens with two attached hydrogens (primary N) is 1. The molecule has 3 rings (SSSR count). The van der Waals surface area contributed by atoms with Gasteiger partial charge in [0.25, 0.3) is 11.8 Å². The van der Waals surface area contributed by atoms with Gasteiger partial charge >= 0.3 is 12.8 Å². The van der Waals surface area contributed by atoms with Crippen LogP contribution < -0.4 is 15.8 Å². The number of nitrogens with one attached hydrogen (secondary N) is 1. The standard InChI is InChI=1S/C22H20F7N3O4/c1-8-7-31-13(18(30)33)6-12(8)32-19(34)17-14(9(2)21(3,36-17)22(27,28)29)10-4-5-11(23)15(24)16(10)35-20(25)26/h4-7,9,14,17,20H,1-3H3,(H2,30,33)(H,31,32,34)/t9-,14+,17-,21+/m1/s1. The number of hydrogen-bond acceptors (Lipinski definition) is 5. The van der Waals surface area contributed by atoms with E-state index < -0.39 is 71.1 Å². The molecule has 1 fully saturated rings. The van der Waals surface area contributed by atoms with Gasteiger partial charge in [-0.05, 0) is 31.5 Å². The Morgan fingerprint density at radius 1 is 1.25 bits per heavy atom. The zero-order chi connectivity index (χ0) is 27.2. The summed E-state index contributed by atoms with van der Waals surface area (Å²) in [6, 6.07) is 2.35. The second kappa shape index (κ2) is 9.56. The van der Waals surface area contributed by atoms with E-state index in [1.54, 1.807) is 0 Å². The normalized spacial score (nSPS) is 24.1. The van der Waals surface area contributed by atoms with Crippen LogP contribution in [0, 0.1) is 24.5 Å². The van der Waals surface area contributed by atoms with E-state index in [9.17, 15) is 40.3 Å². The van der Waals surface area contributed by atoms with E-state index in [4.69, 9.17) is 10.5 Å². The van der Waals surface area contributed by atoms with Gasteiger partial charge in [-0.1, -0.05) is 13.0 Å². The summed E-state index contributed by atoms with van der Waals surface area (Å²) in [5, 5.41) is 2.31. The number of benzene rings is 1. The molecule has 14 heteroatoms. The van der Waals surface area contributed by atoms with Crippen LogP contribution in [0.3, 0.4) is 0 Å². The molecule has 1 aromatic carbocycles. The topological polar surface area (TPSA) is 104 Å². The predicted octanol–water partition coefficient (Wildman–Crippen LogP) is 4.45. The lowest BCUT2D eigenvalue weighted by Crippen LogP contribution is -2.47. The van der Waals surface area contributed by atoms with Crippen LogP contribution in [0.4, 0.5) is 36.4 Å². The Balaban J connectivity index is 2.13. The number of halogens is 7. The molecule has 196 valence electrons. The van der Waals surface area contributed by atoms with Gasteiger partial charge in [0.1, 0.15) is 11.8 Å². The Kier molecular flexibility index (Phi) is 7.22. The first-order chi connectivity index (χ1) is 16.6. The van der Waals surface area contributed by atoms with Gasteiger partial charge < -0.3 is 20.5 Å². The first-order valence-electron chi connectivity index (χ1n) is 10.3. The zero-order valence-corrected chi connectivity index (χ0v) is 18.9. The fourth-order valence-electron chi connectivity index (χ4n) is 4.04. The Morgan fingerprint density at radius 2 is 1.89 bits per heavy atom. The minimum absolute atomic E-state index is 0.0474. The molecule has 1 aliphatic heterocycles. The molecule has 0 radical (unpaired) electrons. The molecule has 2 aromatic rings. The van der Waals surface area contributed by atoms with E-state index in [2.05, 4.69) is 15.0 Å². The third-order valence-electron chi connectivity index (χ3n) is 6.19. The van der Waals surface area contributed by atoms with Crippen molar-refractivity contribution in [2.24, 2.45) is 11.7 Å².